The van der Waals surface area contributed by atoms with Crippen molar-refractivity contribution in [1.82, 2.24) is 0 Å². The highest BCUT2D eigenvalue weighted by Gasteiger charge is 2.40. The second-order valence-electron chi connectivity index (χ2n) is 7.76. The third-order valence-electron chi connectivity index (χ3n) is 5.21. The van der Waals surface area contributed by atoms with E-state index in [0.29, 0.717) is 22.6 Å². The van der Waals surface area contributed by atoms with E-state index in [4.69, 9.17) is 4.74 Å². The second kappa shape index (κ2) is 8.11. The predicted molar refractivity (Wildman–Crippen MR) is 123 cm³/mol. The highest BCUT2D eigenvalue weighted by atomic mass is 16.5. The zero-order chi connectivity index (χ0) is 22.1. The molecular formula is C26H24N2O3. The van der Waals surface area contributed by atoms with Crippen molar-refractivity contribution in [2.24, 2.45) is 0 Å². The van der Waals surface area contributed by atoms with Gasteiger partial charge in [0, 0.05) is 5.69 Å². The minimum Gasteiger partial charge on any atom is -0.497 e. The van der Waals surface area contributed by atoms with Crippen LogP contribution >= 0.6 is 0 Å². The van der Waals surface area contributed by atoms with E-state index in [9.17, 15) is 9.59 Å². The Morgan fingerprint density at radius 2 is 1.45 bits per heavy atom. The van der Waals surface area contributed by atoms with Crippen molar-refractivity contribution in [3.63, 3.8) is 0 Å². The number of benzene rings is 3. The molecule has 1 aliphatic rings. The van der Waals surface area contributed by atoms with Crippen LogP contribution in [0.25, 0.3) is 5.57 Å². The Bertz CT molecular complexity index is 1190. The second-order valence-corrected chi connectivity index (χ2v) is 7.76. The topological polar surface area (TPSA) is 58.6 Å². The van der Waals surface area contributed by atoms with Crippen LogP contribution in [0, 0.1) is 20.8 Å². The lowest BCUT2D eigenvalue weighted by atomic mass is 10.0. The van der Waals surface area contributed by atoms with E-state index in [1.54, 1.807) is 37.4 Å². The third-order valence-corrected chi connectivity index (χ3v) is 5.21. The smallest absolute Gasteiger partial charge is 0.282 e. The number of methoxy groups -OCH3 is 1. The molecule has 1 heterocycles. The lowest BCUT2D eigenvalue weighted by Crippen LogP contribution is -2.32. The molecule has 5 nitrogen and oxygen atoms in total. The summed E-state index contributed by atoms with van der Waals surface area (Å²) in [5.74, 6) is -0.0475. The van der Waals surface area contributed by atoms with Crippen LogP contribution in [0.2, 0.25) is 0 Å². The van der Waals surface area contributed by atoms with Crippen molar-refractivity contribution < 1.29 is 14.3 Å². The van der Waals surface area contributed by atoms with Gasteiger partial charge in [0.15, 0.2) is 0 Å². The molecular weight excluding hydrogens is 388 g/mol. The van der Waals surface area contributed by atoms with Crippen molar-refractivity contribution in [2.45, 2.75) is 20.8 Å². The Kier molecular flexibility index (Phi) is 5.34. The zero-order valence-corrected chi connectivity index (χ0v) is 18.0. The van der Waals surface area contributed by atoms with Gasteiger partial charge in [0.25, 0.3) is 11.8 Å². The molecule has 1 aliphatic heterocycles. The van der Waals surface area contributed by atoms with Crippen LogP contribution in [-0.2, 0) is 9.59 Å². The van der Waals surface area contributed by atoms with E-state index >= 15 is 0 Å². The third kappa shape index (κ3) is 3.94. The quantitative estimate of drug-likeness (QED) is 0.598. The van der Waals surface area contributed by atoms with E-state index in [0.717, 1.165) is 22.4 Å². The van der Waals surface area contributed by atoms with Crippen molar-refractivity contribution in [2.75, 3.05) is 17.3 Å². The summed E-state index contributed by atoms with van der Waals surface area (Å²) in [6, 6.07) is 20.5. The summed E-state index contributed by atoms with van der Waals surface area (Å²) < 4.78 is 5.24. The molecule has 4 rings (SSSR count). The maximum Gasteiger partial charge on any atom is 0.282 e. The molecule has 31 heavy (non-hydrogen) atoms. The molecule has 5 heteroatoms. The first-order valence-electron chi connectivity index (χ1n) is 10.1. The average Bonchev–Trinajstić information content (AvgIpc) is 2.97. The van der Waals surface area contributed by atoms with Gasteiger partial charge in [0.2, 0.25) is 0 Å². The Hall–Kier alpha value is -3.86. The summed E-state index contributed by atoms with van der Waals surface area (Å²) in [6.45, 7) is 5.93. The summed E-state index contributed by atoms with van der Waals surface area (Å²) in [7, 11) is 1.59. The van der Waals surface area contributed by atoms with Crippen molar-refractivity contribution >= 4 is 28.8 Å². The molecule has 0 atom stereocenters. The number of carbonyl (C=O) groups excluding carboxylic acids is 2. The van der Waals surface area contributed by atoms with E-state index in [2.05, 4.69) is 11.4 Å². The van der Waals surface area contributed by atoms with Crippen LogP contribution < -0.4 is 15.0 Å². The van der Waals surface area contributed by atoms with Gasteiger partial charge in [-0.15, -0.1) is 0 Å². The van der Waals surface area contributed by atoms with Crippen molar-refractivity contribution in [3.8, 4) is 5.75 Å². The molecule has 156 valence electrons. The fraction of sp³-hybridized carbons (Fsp3) is 0.154. The Labute approximate surface area is 182 Å². The van der Waals surface area contributed by atoms with Crippen LogP contribution in [0.4, 0.5) is 11.4 Å². The van der Waals surface area contributed by atoms with Crippen LogP contribution in [0.15, 0.2) is 72.4 Å². The van der Waals surface area contributed by atoms with E-state index in [1.165, 1.54) is 4.90 Å². The van der Waals surface area contributed by atoms with Crippen LogP contribution in [0.3, 0.4) is 0 Å². The summed E-state index contributed by atoms with van der Waals surface area (Å²) >= 11 is 0. The standard InChI is InChI=1S/C26H24N2O3/c1-16-6-5-7-21(15-16)28-25(29)23(19-8-10-22(31-4)11-9-19)24(26(28)30)27-20-13-17(2)12-18(3)14-20/h5-15,27H,1-4H3. The Morgan fingerprint density at radius 1 is 0.774 bits per heavy atom. The lowest BCUT2D eigenvalue weighted by Gasteiger charge is -2.16. The first-order chi connectivity index (χ1) is 14.9. The number of hydrogen-bond acceptors (Lipinski definition) is 4. The lowest BCUT2D eigenvalue weighted by molar-refractivity contribution is -0.120. The fourth-order valence-electron chi connectivity index (χ4n) is 3.86. The molecule has 1 N–H and O–H groups in total. The predicted octanol–water partition coefficient (Wildman–Crippen LogP) is 5.02. The SMILES string of the molecule is COc1ccc(C2=C(Nc3cc(C)cc(C)c3)C(=O)N(c3cccc(C)c3)C2=O)cc1. The molecule has 0 aromatic heterocycles. The molecule has 0 fully saturated rings. The van der Waals surface area contributed by atoms with Crippen LogP contribution in [-0.4, -0.2) is 18.9 Å². The Balaban J connectivity index is 1.83. The molecule has 2 amide bonds. The number of anilines is 2. The molecule has 0 unspecified atom stereocenters. The molecule has 0 saturated heterocycles. The highest BCUT2D eigenvalue weighted by Crippen LogP contribution is 2.34. The van der Waals surface area contributed by atoms with E-state index < -0.39 is 0 Å². The van der Waals surface area contributed by atoms with Gasteiger partial charge in [0.05, 0.1) is 18.4 Å². The monoisotopic (exact) mass is 412 g/mol. The first kappa shape index (κ1) is 20.4. The molecule has 0 saturated carbocycles. The maximum atomic E-state index is 13.5. The average molecular weight is 412 g/mol. The Morgan fingerprint density at radius 3 is 2.06 bits per heavy atom. The van der Waals surface area contributed by atoms with Gasteiger partial charge < -0.3 is 10.1 Å². The van der Waals surface area contributed by atoms with Gasteiger partial charge in [-0.2, -0.15) is 0 Å². The normalized spacial score (nSPS) is 13.7. The minimum absolute atomic E-state index is 0.265. The summed E-state index contributed by atoms with van der Waals surface area (Å²) in [5, 5.41) is 3.23. The summed E-state index contributed by atoms with van der Waals surface area (Å²) in [4.78, 5) is 28.2. The number of nitrogens with one attached hydrogen (secondary N) is 1. The largest absolute Gasteiger partial charge is 0.497 e. The molecule has 0 spiro atoms. The van der Waals surface area contributed by atoms with Gasteiger partial charge in [-0.3, -0.25) is 9.59 Å². The van der Waals surface area contributed by atoms with Gasteiger partial charge in [-0.05, 0) is 79.4 Å². The maximum absolute atomic E-state index is 13.5. The van der Waals surface area contributed by atoms with E-state index in [1.807, 2.05) is 51.1 Å². The number of aryl methyl sites for hydroxylation is 3. The summed E-state index contributed by atoms with van der Waals surface area (Å²) in [5.41, 5.74) is 5.70. The number of carbonyl (C=O) groups is 2. The van der Waals surface area contributed by atoms with Crippen molar-refractivity contribution in [3.05, 3.63) is 94.7 Å². The highest BCUT2D eigenvalue weighted by molar-refractivity contribution is 6.46. The zero-order valence-electron chi connectivity index (χ0n) is 18.0. The number of nitrogens with zero attached hydrogens (tertiary/aromatic N) is 1. The van der Waals surface area contributed by atoms with Crippen molar-refractivity contribution in [1.29, 1.82) is 0 Å². The van der Waals surface area contributed by atoms with Gasteiger partial charge in [-0.25, -0.2) is 4.90 Å². The molecule has 0 bridgehead atoms. The molecule has 0 radical (unpaired) electrons. The fourth-order valence-corrected chi connectivity index (χ4v) is 3.86. The van der Waals surface area contributed by atoms with Crippen LogP contribution in [0.1, 0.15) is 22.3 Å². The number of ether oxygens (including phenoxy) is 1. The van der Waals surface area contributed by atoms with Gasteiger partial charge in [0.1, 0.15) is 11.4 Å². The number of amides is 2. The molecule has 3 aromatic rings. The van der Waals surface area contributed by atoms with Gasteiger partial charge >= 0.3 is 0 Å². The number of rotatable bonds is 5. The molecule has 0 aliphatic carbocycles. The van der Waals surface area contributed by atoms with E-state index in [-0.39, 0.29) is 17.5 Å². The first-order valence-corrected chi connectivity index (χ1v) is 10.1. The van der Waals surface area contributed by atoms with Gasteiger partial charge in [-0.1, -0.05) is 30.3 Å². The number of imide groups is 1. The minimum atomic E-state index is -0.374. The number of hydrogen-bond donors (Lipinski definition) is 1. The molecule has 3 aromatic carbocycles. The summed E-state index contributed by atoms with van der Waals surface area (Å²) in [6.07, 6.45) is 0. The van der Waals surface area contributed by atoms with Crippen LogP contribution in [0.5, 0.6) is 5.75 Å².